The van der Waals surface area contributed by atoms with Gasteiger partial charge in [-0.3, -0.25) is 4.98 Å². The molecule has 0 fully saturated rings. The molecule has 1 atom stereocenters. The maximum absolute atomic E-state index is 5.44. The largest absolute Gasteiger partial charge is 0.337 e. The lowest BCUT2D eigenvalue weighted by Crippen LogP contribution is -2.26. The van der Waals surface area contributed by atoms with Crippen LogP contribution in [0.4, 0.5) is 0 Å². The van der Waals surface area contributed by atoms with E-state index in [-0.39, 0.29) is 0 Å². The molecular weight excluding hydrogens is 845 g/mol. The van der Waals surface area contributed by atoms with E-state index < -0.39 is 5.41 Å². The number of aryl methyl sites for hydroxylation is 3. The number of allylic oxidation sites excluding steroid dienone is 8. The number of amidine groups is 1. The highest BCUT2D eigenvalue weighted by Crippen LogP contribution is 2.63. The van der Waals surface area contributed by atoms with Crippen molar-refractivity contribution in [2.75, 3.05) is 0 Å². The Morgan fingerprint density at radius 1 is 0.478 bits per heavy atom. The maximum atomic E-state index is 5.44. The number of rotatable bonds is 6. The van der Waals surface area contributed by atoms with Gasteiger partial charge < -0.3 is 5.32 Å². The lowest BCUT2D eigenvalue weighted by Gasteiger charge is -2.31. The second-order valence-electron chi connectivity index (χ2n) is 18.3. The first-order valence-electron chi connectivity index (χ1n) is 23.7. The lowest BCUT2D eigenvalue weighted by atomic mass is 9.70. The molecule has 8 heteroatoms. The van der Waals surface area contributed by atoms with Crippen LogP contribution in [0.15, 0.2) is 187 Å². The average molecular weight is 893 g/mol. The molecule has 0 saturated carbocycles. The van der Waals surface area contributed by atoms with Crippen LogP contribution in [0.1, 0.15) is 88.3 Å². The van der Waals surface area contributed by atoms with Crippen molar-refractivity contribution in [3.8, 4) is 45.2 Å². The van der Waals surface area contributed by atoms with Gasteiger partial charge in [-0.2, -0.15) is 0 Å². The van der Waals surface area contributed by atoms with Gasteiger partial charge in [-0.25, -0.2) is 29.9 Å². The molecule has 1 unspecified atom stereocenters. The van der Waals surface area contributed by atoms with E-state index in [4.69, 9.17) is 34.9 Å². The molecule has 8 nitrogen and oxygen atoms in total. The number of hydrogen-bond donors (Lipinski definition) is 1. The standard InChI is InChI=1S/C61H48N8/c1-37-15-9-20-41(21-10-16-37)57-67-58(69-60(68-57)56-30-13-19-40(4)64-56)43-32-34-47-45-23-6-8-25-49(45)61(51(47)36-43)48-24-7-5-22-44(48)46-33-31-42(35-50(46)61)52-26-14-28-54(53-27-11-17-38(2)62-53)66-59(65-52)55-29-12-18-39(3)63-55/h5-9,11-13,15,17-36H,10,14,16H2,1-4H3,(H,65,66)/b20-9?,37-15?,41-21?,52-26?,54-28-. The minimum Gasteiger partial charge on any atom is -0.337 e. The van der Waals surface area contributed by atoms with Gasteiger partial charge in [-0.15, -0.1) is 0 Å². The molecule has 0 amide bonds. The molecule has 332 valence electrons. The Kier molecular flexibility index (Phi) is 10.3. The van der Waals surface area contributed by atoms with Crippen LogP contribution in [-0.2, 0) is 5.41 Å². The minimum absolute atomic E-state index is 0.543. The van der Waals surface area contributed by atoms with E-state index in [2.05, 4.69) is 134 Å². The van der Waals surface area contributed by atoms with E-state index in [9.17, 15) is 0 Å². The van der Waals surface area contributed by atoms with Crippen LogP contribution in [0.5, 0.6) is 0 Å². The fourth-order valence-corrected chi connectivity index (χ4v) is 10.4. The summed E-state index contributed by atoms with van der Waals surface area (Å²) in [6.45, 7) is 8.19. The summed E-state index contributed by atoms with van der Waals surface area (Å²) in [5.41, 5.74) is 20.1. The first-order chi connectivity index (χ1) is 33.8. The number of benzene rings is 4. The van der Waals surface area contributed by atoms with Crippen LogP contribution < -0.4 is 5.32 Å². The van der Waals surface area contributed by atoms with Gasteiger partial charge in [0.05, 0.1) is 22.5 Å². The first kappa shape index (κ1) is 41.9. The normalized spacial score (nSPS) is 17.5. The summed E-state index contributed by atoms with van der Waals surface area (Å²) in [6, 6.07) is 49.6. The second-order valence-corrected chi connectivity index (χ2v) is 18.3. The van der Waals surface area contributed by atoms with E-state index in [0.29, 0.717) is 35.4 Å². The lowest BCUT2D eigenvalue weighted by molar-refractivity contribution is 0.793. The van der Waals surface area contributed by atoms with Gasteiger partial charge in [0.2, 0.25) is 0 Å². The van der Waals surface area contributed by atoms with Crippen LogP contribution in [0.3, 0.4) is 0 Å². The molecule has 4 aliphatic rings. The third kappa shape index (κ3) is 7.36. The summed E-state index contributed by atoms with van der Waals surface area (Å²) in [5.74, 6) is 2.43. The van der Waals surface area contributed by atoms with Crippen molar-refractivity contribution in [2.24, 2.45) is 4.99 Å². The summed E-state index contributed by atoms with van der Waals surface area (Å²) in [6.07, 6.45) is 15.5. The predicted molar refractivity (Wildman–Crippen MR) is 278 cm³/mol. The fraction of sp³-hybridized carbons (Fsp3) is 0.131. The van der Waals surface area contributed by atoms with Crippen molar-refractivity contribution >= 4 is 22.8 Å². The van der Waals surface area contributed by atoms with Gasteiger partial charge in [0, 0.05) is 33.8 Å². The molecule has 1 N–H and O–H groups in total. The molecule has 4 aromatic heterocycles. The highest BCUT2D eigenvalue weighted by atomic mass is 15.1. The van der Waals surface area contributed by atoms with Gasteiger partial charge in [0.25, 0.3) is 0 Å². The number of fused-ring (bicyclic) bond motifs is 10. The third-order valence-corrected chi connectivity index (χ3v) is 13.6. The third-order valence-electron chi connectivity index (χ3n) is 13.6. The van der Waals surface area contributed by atoms with E-state index in [1.54, 1.807) is 0 Å². The fourth-order valence-electron chi connectivity index (χ4n) is 10.4. The molecule has 8 aromatic rings. The molecule has 3 aliphatic carbocycles. The number of nitrogens with one attached hydrogen (secondary N) is 1. The Labute approximate surface area is 402 Å². The molecule has 1 aliphatic heterocycles. The van der Waals surface area contributed by atoms with Crippen LogP contribution in [0.2, 0.25) is 0 Å². The average Bonchev–Trinajstić information content (AvgIpc) is 3.81. The summed E-state index contributed by atoms with van der Waals surface area (Å²) in [4.78, 5) is 35.7. The highest BCUT2D eigenvalue weighted by Gasteiger charge is 2.52. The van der Waals surface area contributed by atoms with Gasteiger partial charge >= 0.3 is 0 Å². The van der Waals surface area contributed by atoms with Crippen molar-refractivity contribution in [2.45, 2.75) is 52.4 Å². The number of aliphatic imine (C=N–C) groups is 1. The Bertz CT molecular complexity index is 3610. The van der Waals surface area contributed by atoms with E-state index in [1.807, 2.05) is 75.4 Å². The molecule has 12 rings (SSSR count). The number of aromatic nitrogens is 6. The van der Waals surface area contributed by atoms with Crippen molar-refractivity contribution < 1.29 is 0 Å². The molecule has 4 aromatic carbocycles. The summed E-state index contributed by atoms with van der Waals surface area (Å²) < 4.78 is 0. The number of hydrogen-bond acceptors (Lipinski definition) is 8. The second kappa shape index (κ2) is 17.0. The van der Waals surface area contributed by atoms with Gasteiger partial charge in [0.15, 0.2) is 23.3 Å². The van der Waals surface area contributed by atoms with Crippen molar-refractivity contribution in [3.63, 3.8) is 0 Å². The Hall–Kier alpha value is -8.49. The smallest absolute Gasteiger partial charge is 0.182 e. The zero-order chi connectivity index (χ0) is 46.6. The predicted octanol–water partition coefficient (Wildman–Crippen LogP) is 13.2. The minimum atomic E-state index is -0.648. The number of nitrogens with zero attached hydrogens (tertiary/aromatic N) is 7. The van der Waals surface area contributed by atoms with Crippen LogP contribution in [0, 0.1) is 20.8 Å². The van der Waals surface area contributed by atoms with Gasteiger partial charge in [-0.05, 0) is 140 Å². The molecule has 0 bridgehead atoms. The first-order valence-corrected chi connectivity index (χ1v) is 23.7. The van der Waals surface area contributed by atoms with Crippen molar-refractivity contribution in [1.29, 1.82) is 0 Å². The number of pyridine rings is 3. The maximum Gasteiger partial charge on any atom is 0.182 e. The zero-order valence-corrected chi connectivity index (χ0v) is 39.0. The Morgan fingerprint density at radius 2 is 1.06 bits per heavy atom. The van der Waals surface area contributed by atoms with Crippen molar-refractivity contribution in [3.05, 3.63) is 244 Å². The summed E-state index contributed by atoms with van der Waals surface area (Å²) in [5, 5.41) is 3.67. The molecule has 69 heavy (non-hydrogen) atoms. The SMILES string of the molecule is CC1=CC=CC(c2nc(-c3ccc4c(c3)C3(c5ccccc5-c5ccc(C6=CC/C=C(/c7cccc(C)n7)NC(c7cccc(C)n7)=N6)cc53)c3ccccc3-4)nc(-c3cccc(C)n3)n2)=CCC1. The zero-order valence-electron chi connectivity index (χ0n) is 39.0. The molecule has 0 radical (unpaired) electrons. The highest BCUT2D eigenvalue weighted by molar-refractivity contribution is 6.05. The molecule has 1 spiro atoms. The van der Waals surface area contributed by atoms with Crippen LogP contribution >= 0.6 is 0 Å². The molecule has 5 heterocycles. The van der Waals surface area contributed by atoms with E-state index in [0.717, 1.165) is 69.4 Å². The topological polar surface area (TPSA) is 102 Å². The summed E-state index contributed by atoms with van der Waals surface area (Å²) >= 11 is 0. The van der Waals surface area contributed by atoms with Crippen molar-refractivity contribution in [1.82, 2.24) is 35.2 Å². The van der Waals surface area contributed by atoms with E-state index >= 15 is 0 Å². The Morgan fingerprint density at radius 3 is 1.77 bits per heavy atom. The monoisotopic (exact) mass is 892 g/mol. The molecule has 0 saturated heterocycles. The molecular formula is C61H48N8. The quantitative estimate of drug-likeness (QED) is 0.177. The van der Waals surface area contributed by atoms with Gasteiger partial charge in [-0.1, -0.05) is 133 Å². The van der Waals surface area contributed by atoms with E-state index in [1.165, 1.54) is 50.1 Å². The Balaban J connectivity index is 1.05. The summed E-state index contributed by atoms with van der Waals surface area (Å²) in [7, 11) is 0. The van der Waals surface area contributed by atoms with Crippen LogP contribution in [-0.4, -0.2) is 35.7 Å². The van der Waals surface area contributed by atoms with Gasteiger partial charge in [0.1, 0.15) is 11.4 Å². The van der Waals surface area contributed by atoms with Crippen LogP contribution in [0.25, 0.3) is 62.1 Å².